The van der Waals surface area contributed by atoms with Gasteiger partial charge in [0.2, 0.25) is 5.60 Å². The quantitative estimate of drug-likeness (QED) is 0.753. The molecule has 0 saturated heterocycles. The fourth-order valence-corrected chi connectivity index (χ4v) is 2.22. The SMILES string of the molecule is C=CCNC(=O)C1(CC(=O)O)CC(C=Cc2ccccc2)=NO1. The minimum Gasteiger partial charge on any atom is -0.481 e. The highest BCUT2D eigenvalue weighted by molar-refractivity contribution is 6.04. The largest absolute Gasteiger partial charge is 0.481 e. The van der Waals surface area contributed by atoms with E-state index in [1.54, 1.807) is 6.08 Å². The molecular formula is C17H18N2O4. The standard InChI is InChI=1S/C17H18N2O4/c1-2-10-18-16(22)17(12-15(20)21)11-14(19-23-17)9-8-13-6-4-3-5-7-13/h2-9H,1,10-12H2,(H,18,22)(H,20,21). The van der Waals surface area contributed by atoms with Crippen LogP contribution in [0.4, 0.5) is 0 Å². The molecule has 6 heteroatoms. The van der Waals surface area contributed by atoms with E-state index in [-0.39, 0.29) is 13.0 Å². The number of allylic oxidation sites excluding steroid dienone is 1. The molecule has 6 nitrogen and oxygen atoms in total. The molecule has 0 aliphatic carbocycles. The molecule has 1 amide bonds. The predicted molar refractivity (Wildman–Crippen MR) is 86.8 cm³/mol. The molecule has 2 rings (SSSR count). The van der Waals surface area contributed by atoms with Crippen molar-refractivity contribution in [3.05, 3.63) is 54.6 Å². The van der Waals surface area contributed by atoms with Crippen LogP contribution in [0.5, 0.6) is 0 Å². The molecule has 120 valence electrons. The van der Waals surface area contributed by atoms with Gasteiger partial charge in [-0.2, -0.15) is 0 Å². The predicted octanol–water partition coefficient (Wildman–Crippen LogP) is 1.99. The third-order valence-electron chi connectivity index (χ3n) is 3.33. The minimum atomic E-state index is -1.51. The Labute approximate surface area is 134 Å². The van der Waals surface area contributed by atoms with E-state index in [0.717, 1.165) is 5.56 Å². The number of rotatable bonds is 7. The maximum atomic E-state index is 12.2. The maximum Gasteiger partial charge on any atom is 0.308 e. The summed E-state index contributed by atoms with van der Waals surface area (Å²) in [6.45, 7) is 3.74. The third-order valence-corrected chi connectivity index (χ3v) is 3.33. The molecular weight excluding hydrogens is 296 g/mol. The zero-order valence-corrected chi connectivity index (χ0v) is 12.6. The van der Waals surface area contributed by atoms with Crippen molar-refractivity contribution < 1.29 is 19.5 Å². The number of aliphatic carboxylic acids is 1. The van der Waals surface area contributed by atoms with Crippen LogP contribution in [0.3, 0.4) is 0 Å². The van der Waals surface area contributed by atoms with E-state index in [1.807, 2.05) is 36.4 Å². The highest BCUT2D eigenvalue weighted by Crippen LogP contribution is 2.29. The van der Waals surface area contributed by atoms with Gasteiger partial charge in [-0.15, -0.1) is 6.58 Å². The Morgan fingerprint density at radius 1 is 1.35 bits per heavy atom. The molecule has 1 unspecified atom stereocenters. The molecule has 1 aliphatic rings. The summed E-state index contributed by atoms with van der Waals surface area (Å²) < 4.78 is 0. The zero-order valence-electron chi connectivity index (χ0n) is 12.6. The molecule has 1 aromatic rings. The average Bonchev–Trinajstić information content (AvgIpc) is 2.95. The highest BCUT2D eigenvalue weighted by Gasteiger charge is 2.47. The maximum absolute atomic E-state index is 12.2. The van der Waals surface area contributed by atoms with E-state index in [0.29, 0.717) is 5.71 Å². The zero-order chi connectivity index (χ0) is 16.7. The van der Waals surface area contributed by atoms with Crippen molar-refractivity contribution in [3.63, 3.8) is 0 Å². The van der Waals surface area contributed by atoms with E-state index < -0.39 is 23.9 Å². The Morgan fingerprint density at radius 2 is 2.09 bits per heavy atom. The number of carboxylic acid groups (broad SMARTS) is 1. The van der Waals surface area contributed by atoms with Crippen LogP contribution in [0.15, 0.2) is 54.2 Å². The summed E-state index contributed by atoms with van der Waals surface area (Å²) in [5.74, 6) is -1.63. The molecule has 0 fully saturated rings. The molecule has 2 N–H and O–H groups in total. The van der Waals surface area contributed by atoms with Crippen molar-refractivity contribution in [1.82, 2.24) is 5.32 Å². The van der Waals surface area contributed by atoms with E-state index in [1.165, 1.54) is 6.08 Å². The van der Waals surface area contributed by atoms with Crippen LogP contribution in [-0.4, -0.2) is 34.8 Å². The molecule has 0 radical (unpaired) electrons. The Morgan fingerprint density at radius 3 is 2.74 bits per heavy atom. The second-order valence-electron chi connectivity index (χ2n) is 5.16. The normalized spacial score (nSPS) is 19.9. The number of carbonyl (C=O) groups is 2. The van der Waals surface area contributed by atoms with Crippen LogP contribution in [0.1, 0.15) is 18.4 Å². The Hall–Kier alpha value is -2.89. The van der Waals surface area contributed by atoms with Gasteiger partial charge in [0.05, 0.1) is 12.1 Å². The molecule has 23 heavy (non-hydrogen) atoms. The van der Waals surface area contributed by atoms with E-state index in [2.05, 4.69) is 17.1 Å². The molecule has 0 aromatic heterocycles. The van der Waals surface area contributed by atoms with Crippen LogP contribution in [-0.2, 0) is 14.4 Å². The summed E-state index contributed by atoms with van der Waals surface area (Å²) in [4.78, 5) is 28.5. The molecule has 1 atom stereocenters. The first kappa shape index (κ1) is 16.5. The Bertz CT molecular complexity index is 652. The number of hydrogen-bond donors (Lipinski definition) is 2. The lowest BCUT2D eigenvalue weighted by Crippen LogP contribution is -2.48. The summed E-state index contributed by atoms with van der Waals surface area (Å²) in [5, 5.41) is 15.5. The number of amides is 1. The fraction of sp³-hybridized carbons (Fsp3) is 0.235. The van der Waals surface area contributed by atoms with Crippen molar-refractivity contribution in [1.29, 1.82) is 0 Å². The minimum absolute atomic E-state index is 0.103. The van der Waals surface area contributed by atoms with Gasteiger partial charge in [0.1, 0.15) is 0 Å². The molecule has 0 saturated carbocycles. The number of oxime groups is 1. The monoisotopic (exact) mass is 314 g/mol. The Kier molecular flexibility index (Phi) is 5.30. The van der Waals surface area contributed by atoms with Gasteiger partial charge in [0, 0.05) is 13.0 Å². The first-order valence-corrected chi connectivity index (χ1v) is 7.15. The van der Waals surface area contributed by atoms with Gasteiger partial charge in [-0.05, 0) is 11.6 Å². The number of hydrogen-bond acceptors (Lipinski definition) is 4. The lowest BCUT2D eigenvalue weighted by Gasteiger charge is -2.23. The fourth-order valence-electron chi connectivity index (χ4n) is 2.22. The summed E-state index contributed by atoms with van der Waals surface area (Å²) in [6, 6.07) is 9.58. The second kappa shape index (κ2) is 7.40. The van der Waals surface area contributed by atoms with Gasteiger partial charge in [0.15, 0.2) is 0 Å². The Balaban J connectivity index is 2.09. The summed E-state index contributed by atoms with van der Waals surface area (Å²) >= 11 is 0. The van der Waals surface area contributed by atoms with Gasteiger partial charge in [-0.25, -0.2) is 0 Å². The van der Waals surface area contributed by atoms with Crippen LogP contribution >= 0.6 is 0 Å². The van der Waals surface area contributed by atoms with Crippen LogP contribution < -0.4 is 5.32 Å². The van der Waals surface area contributed by atoms with Crippen molar-refractivity contribution in [2.24, 2.45) is 5.16 Å². The highest BCUT2D eigenvalue weighted by atomic mass is 16.7. The first-order chi connectivity index (χ1) is 11.1. The van der Waals surface area contributed by atoms with Gasteiger partial charge in [0.25, 0.3) is 5.91 Å². The average molecular weight is 314 g/mol. The smallest absolute Gasteiger partial charge is 0.308 e. The lowest BCUT2D eigenvalue weighted by molar-refractivity contribution is -0.155. The van der Waals surface area contributed by atoms with E-state index in [4.69, 9.17) is 9.94 Å². The number of benzene rings is 1. The summed E-state index contributed by atoms with van der Waals surface area (Å²) in [7, 11) is 0. The van der Waals surface area contributed by atoms with Crippen LogP contribution in [0.25, 0.3) is 6.08 Å². The number of carboxylic acids is 1. The molecule has 1 aliphatic heterocycles. The lowest BCUT2D eigenvalue weighted by atomic mass is 9.92. The molecule has 1 heterocycles. The number of nitrogens with zero attached hydrogens (tertiary/aromatic N) is 1. The van der Waals surface area contributed by atoms with E-state index >= 15 is 0 Å². The van der Waals surface area contributed by atoms with Gasteiger partial charge in [-0.1, -0.05) is 47.6 Å². The van der Waals surface area contributed by atoms with Gasteiger partial charge < -0.3 is 15.3 Å². The van der Waals surface area contributed by atoms with Gasteiger partial charge in [-0.3, -0.25) is 9.59 Å². The van der Waals surface area contributed by atoms with Crippen LogP contribution in [0.2, 0.25) is 0 Å². The summed E-state index contributed by atoms with van der Waals surface area (Å²) in [6.07, 6.45) is 4.71. The van der Waals surface area contributed by atoms with Crippen molar-refractivity contribution in [2.45, 2.75) is 18.4 Å². The van der Waals surface area contributed by atoms with Crippen molar-refractivity contribution in [3.8, 4) is 0 Å². The van der Waals surface area contributed by atoms with Crippen LogP contribution in [0, 0.1) is 0 Å². The molecule has 0 spiro atoms. The third kappa shape index (κ3) is 4.29. The molecule has 1 aromatic carbocycles. The number of nitrogens with one attached hydrogen (secondary N) is 1. The topological polar surface area (TPSA) is 88.0 Å². The second-order valence-corrected chi connectivity index (χ2v) is 5.16. The number of carbonyl (C=O) groups excluding carboxylic acids is 1. The molecule has 0 bridgehead atoms. The summed E-state index contributed by atoms with van der Waals surface area (Å²) in [5.41, 5.74) is -0.0172. The van der Waals surface area contributed by atoms with Crippen molar-refractivity contribution >= 4 is 23.7 Å². The van der Waals surface area contributed by atoms with E-state index in [9.17, 15) is 9.59 Å². The van der Waals surface area contributed by atoms with Gasteiger partial charge >= 0.3 is 5.97 Å². The van der Waals surface area contributed by atoms with Crippen molar-refractivity contribution in [2.75, 3.05) is 6.54 Å². The first-order valence-electron chi connectivity index (χ1n) is 7.15.